The molecule has 2 heterocycles. The number of likely N-dealkylation sites (N-methyl/N-ethyl adjacent to an activating group) is 1. The van der Waals surface area contributed by atoms with Crippen molar-refractivity contribution in [2.24, 2.45) is 5.73 Å². The minimum atomic E-state index is -4.53. The fourth-order valence-electron chi connectivity index (χ4n) is 4.71. The molecule has 36 heavy (non-hydrogen) atoms. The number of fused-ring (bicyclic) bond motifs is 2. The van der Waals surface area contributed by atoms with E-state index in [1.165, 1.54) is 28.6 Å². The van der Waals surface area contributed by atoms with Crippen LogP contribution in [0.2, 0.25) is 0 Å². The number of carbonyl (C=O) groups excluding carboxylic acids is 1. The van der Waals surface area contributed by atoms with E-state index in [1.54, 1.807) is 17.4 Å². The Hall–Kier alpha value is -3.56. The summed E-state index contributed by atoms with van der Waals surface area (Å²) in [6, 6.07) is 19.2. The van der Waals surface area contributed by atoms with Crippen LogP contribution >= 0.6 is 11.9 Å². The second-order valence-electron chi connectivity index (χ2n) is 8.77. The normalized spacial score (nSPS) is 16.2. The van der Waals surface area contributed by atoms with Gasteiger partial charge in [-0.05, 0) is 65.0 Å². The molecule has 1 aliphatic rings. The summed E-state index contributed by atoms with van der Waals surface area (Å²) in [4.78, 5) is 25.6. The van der Waals surface area contributed by atoms with Crippen LogP contribution in [0.15, 0.2) is 82.6 Å². The molecule has 1 amide bonds. The highest BCUT2D eigenvalue weighted by molar-refractivity contribution is 7.97. The van der Waals surface area contributed by atoms with E-state index in [-0.39, 0.29) is 6.54 Å². The standard InChI is InChI=1S/C27H22F3N3O2S/c1-32-15-22(25(31)35)33-23(34)14-19(12-17-8-4-7-16-6-2-3-11-21(16)17)24(26(33)36-32)18-9-5-10-20(13-18)27(28,29)30/h2-11,13-14,22H,12,15H2,1H3,(H2,31,35). The minimum absolute atomic E-state index is 0.206. The summed E-state index contributed by atoms with van der Waals surface area (Å²) < 4.78 is 43.9. The Morgan fingerprint density at radius 2 is 1.75 bits per heavy atom. The van der Waals surface area contributed by atoms with E-state index < -0.39 is 29.2 Å². The summed E-state index contributed by atoms with van der Waals surface area (Å²) in [5, 5.41) is 2.41. The third kappa shape index (κ3) is 4.40. The average Bonchev–Trinajstić information content (AvgIpc) is 2.83. The number of rotatable bonds is 4. The van der Waals surface area contributed by atoms with Crippen molar-refractivity contribution in [3.8, 4) is 11.1 Å². The first-order chi connectivity index (χ1) is 17.1. The van der Waals surface area contributed by atoms with Crippen molar-refractivity contribution in [1.29, 1.82) is 0 Å². The van der Waals surface area contributed by atoms with Crippen molar-refractivity contribution < 1.29 is 18.0 Å². The Morgan fingerprint density at radius 3 is 2.50 bits per heavy atom. The highest BCUT2D eigenvalue weighted by Crippen LogP contribution is 2.42. The summed E-state index contributed by atoms with van der Waals surface area (Å²) in [6.45, 7) is 0.206. The third-order valence-electron chi connectivity index (χ3n) is 6.34. The minimum Gasteiger partial charge on any atom is -0.368 e. The Labute approximate surface area is 209 Å². The molecule has 5 rings (SSSR count). The molecular formula is C27H22F3N3O2S. The number of hydrogen-bond acceptors (Lipinski definition) is 4. The van der Waals surface area contributed by atoms with E-state index in [1.807, 2.05) is 42.5 Å². The van der Waals surface area contributed by atoms with Crippen molar-refractivity contribution in [2.45, 2.75) is 23.7 Å². The SMILES string of the molecule is CN1CC(C(N)=O)n2c(c(-c3cccc(C(F)(F)F)c3)c(Cc3cccc4ccccc34)cc2=O)S1. The van der Waals surface area contributed by atoms with E-state index in [9.17, 15) is 22.8 Å². The maximum atomic E-state index is 13.6. The Kier molecular flexibility index (Phi) is 6.13. The van der Waals surface area contributed by atoms with Crippen molar-refractivity contribution in [3.63, 3.8) is 0 Å². The first-order valence-corrected chi connectivity index (χ1v) is 12.0. The van der Waals surface area contributed by atoms with E-state index in [0.717, 1.165) is 28.5 Å². The average molecular weight is 510 g/mol. The summed E-state index contributed by atoms with van der Waals surface area (Å²) in [7, 11) is 1.75. The second kappa shape index (κ2) is 9.15. The molecule has 5 nitrogen and oxygen atoms in total. The molecule has 0 aliphatic carbocycles. The van der Waals surface area contributed by atoms with Crippen LogP contribution < -0.4 is 11.3 Å². The van der Waals surface area contributed by atoms with Gasteiger partial charge in [0.2, 0.25) is 5.91 Å². The monoisotopic (exact) mass is 509 g/mol. The number of halogens is 3. The molecule has 9 heteroatoms. The first kappa shape index (κ1) is 24.1. The number of nitrogens with two attached hydrogens (primary N) is 1. The molecule has 0 bridgehead atoms. The van der Waals surface area contributed by atoms with Gasteiger partial charge in [-0.25, -0.2) is 4.31 Å². The van der Waals surface area contributed by atoms with Crippen LogP contribution in [0.1, 0.15) is 22.7 Å². The third-order valence-corrected chi connectivity index (χ3v) is 7.38. The molecule has 1 atom stereocenters. The highest BCUT2D eigenvalue weighted by Gasteiger charge is 2.34. The number of primary amides is 1. The molecule has 4 aromatic rings. The van der Waals surface area contributed by atoms with E-state index >= 15 is 0 Å². The van der Waals surface area contributed by atoms with Gasteiger partial charge in [0.25, 0.3) is 5.56 Å². The molecule has 1 aromatic heterocycles. The van der Waals surface area contributed by atoms with Crippen molar-refractivity contribution in [1.82, 2.24) is 8.87 Å². The van der Waals surface area contributed by atoms with E-state index in [4.69, 9.17) is 5.73 Å². The van der Waals surface area contributed by atoms with Gasteiger partial charge in [0.1, 0.15) is 11.1 Å². The molecule has 184 valence electrons. The van der Waals surface area contributed by atoms with Gasteiger partial charge in [-0.3, -0.25) is 14.2 Å². The van der Waals surface area contributed by atoms with Crippen molar-refractivity contribution >= 4 is 28.6 Å². The number of alkyl halides is 3. The summed E-state index contributed by atoms with van der Waals surface area (Å²) in [5.41, 5.74) is 6.73. The number of nitrogens with zero attached hydrogens (tertiary/aromatic N) is 2. The van der Waals surface area contributed by atoms with Gasteiger partial charge in [-0.2, -0.15) is 13.2 Å². The van der Waals surface area contributed by atoms with E-state index in [2.05, 4.69) is 0 Å². The Balaban J connectivity index is 1.79. The summed E-state index contributed by atoms with van der Waals surface area (Å²) in [6.07, 6.45) is -4.21. The second-order valence-corrected chi connectivity index (χ2v) is 9.96. The lowest BCUT2D eigenvalue weighted by Gasteiger charge is -2.33. The topological polar surface area (TPSA) is 68.3 Å². The molecule has 1 unspecified atom stereocenters. The fourth-order valence-corrected chi connectivity index (χ4v) is 5.87. The zero-order chi connectivity index (χ0) is 25.6. The molecule has 0 saturated carbocycles. The zero-order valence-corrected chi connectivity index (χ0v) is 20.1. The van der Waals surface area contributed by atoms with Gasteiger partial charge >= 0.3 is 6.18 Å². The number of hydrogen-bond donors (Lipinski definition) is 1. The smallest absolute Gasteiger partial charge is 0.368 e. The fraction of sp³-hybridized carbons (Fsp3) is 0.185. The molecular weight excluding hydrogens is 487 g/mol. The van der Waals surface area contributed by atoms with Gasteiger partial charge in [0.15, 0.2) is 0 Å². The summed E-state index contributed by atoms with van der Waals surface area (Å²) in [5.74, 6) is -0.678. The summed E-state index contributed by atoms with van der Waals surface area (Å²) >= 11 is 1.22. The molecule has 0 radical (unpaired) electrons. The van der Waals surface area contributed by atoms with Crippen molar-refractivity contribution in [3.05, 3.63) is 99.8 Å². The maximum Gasteiger partial charge on any atom is 0.416 e. The maximum absolute atomic E-state index is 13.6. The number of aromatic nitrogens is 1. The van der Waals surface area contributed by atoms with Gasteiger partial charge in [0.05, 0.1) is 5.56 Å². The number of carbonyl (C=O) groups is 1. The molecule has 3 aromatic carbocycles. The van der Waals surface area contributed by atoms with Crippen LogP contribution in [-0.4, -0.2) is 28.4 Å². The highest BCUT2D eigenvalue weighted by atomic mass is 32.2. The van der Waals surface area contributed by atoms with Crippen LogP contribution in [0.25, 0.3) is 21.9 Å². The Bertz CT molecular complexity index is 1540. The molecule has 0 saturated heterocycles. The molecule has 2 N–H and O–H groups in total. The van der Waals surface area contributed by atoms with Crippen LogP contribution in [0.3, 0.4) is 0 Å². The lowest BCUT2D eigenvalue weighted by molar-refractivity contribution is -0.137. The Morgan fingerprint density at radius 1 is 1.03 bits per heavy atom. The quantitative estimate of drug-likeness (QED) is 0.381. The zero-order valence-electron chi connectivity index (χ0n) is 19.3. The van der Waals surface area contributed by atoms with Gasteiger partial charge < -0.3 is 5.73 Å². The predicted octanol–water partition coefficient (Wildman–Crippen LogP) is 5.26. The largest absolute Gasteiger partial charge is 0.416 e. The van der Waals surface area contributed by atoms with Gasteiger partial charge in [0, 0.05) is 18.2 Å². The van der Waals surface area contributed by atoms with E-state index in [0.29, 0.717) is 28.1 Å². The molecule has 1 aliphatic heterocycles. The van der Waals surface area contributed by atoms with Crippen molar-refractivity contribution in [2.75, 3.05) is 13.6 Å². The number of benzene rings is 3. The van der Waals surface area contributed by atoms with Crippen LogP contribution in [-0.2, 0) is 17.4 Å². The number of pyridine rings is 1. The van der Waals surface area contributed by atoms with Crippen LogP contribution in [0, 0.1) is 0 Å². The van der Waals surface area contributed by atoms with Gasteiger partial charge in [-0.1, -0.05) is 54.6 Å². The van der Waals surface area contributed by atoms with Crippen LogP contribution in [0.5, 0.6) is 0 Å². The van der Waals surface area contributed by atoms with Crippen LogP contribution in [0.4, 0.5) is 13.2 Å². The predicted molar refractivity (Wildman–Crippen MR) is 135 cm³/mol. The lowest BCUT2D eigenvalue weighted by atomic mass is 9.93. The molecule has 0 spiro atoms. The van der Waals surface area contributed by atoms with Gasteiger partial charge in [-0.15, -0.1) is 0 Å². The molecule has 0 fully saturated rings. The lowest BCUT2D eigenvalue weighted by Crippen LogP contribution is -2.43. The first-order valence-electron chi connectivity index (χ1n) is 11.2. The number of amides is 1.